The molecule has 1 rings (SSSR count). The lowest BCUT2D eigenvalue weighted by atomic mass is 10.2. The number of hydrogen-bond donors (Lipinski definition) is 0. The van der Waals surface area contributed by atoms with Gasteiger partial charge in [0.25, 0.3) is 0 Å². The molecule has 8 heteroatoms. The molecule has 0 N–H and O–H groups in total. The molecule has 0 aromatic carbocycles. The van der Waals surface area contributed by atoms with Crippen LogP contribution in [0.1, 0.15) is 28.8 Å². The molecule has 112 valence electrons. The number of rotatable bonds is 5. The number of carbonyl (C=O) groups excluding carboxylic acids is 1. The van der Waals surface area contributed by atoms with Crippen LogP contribution in [0.3, 0.4) is 0 Å². The monoisotopic (exact) mass is 291 g/mol. The number of aromatic nitrogens is 2. The first-order valence-electron chi connectivity index (χ1n) is 6.00. The van der Waals surface area contributed by atoms with Crippen molar-refractivity contribution in [2.75, 3.05) is 27.2 Å². The van der Waals surface area contributed by atoms with E-state index < -0.39 is 23.4 Å². The van der Waals surface area contributed by atoms with E-state index in [9.17, 15) is 18.0 Å². The summed E-state index contributed by atoms with van der Waals surface area (Å²) in [6.45, 7) is 2.01. The first-order valence-corrected chi connectivity index (χ1v) is 6.00. The highest BCUT2D eigenvalue weighted by Gasteiger charge is 2.38. The van der Waals surface area contributed by atoms with E-state index in [1.54, 1.807) is 19.0 Å². The Morgan fingerprint density at radius 1 is 1.40 bits per heavy atom. The fourth-order valence-electron chi connectivity index (χ4n) is 1.44. The maximum absolute atomic E-state index is 12.9. The van der Waals surface area contributed by atoms with E-state index in [1.807, 2.05) is 0 Å². The molecular weight excluding hydrogens is 275 g/mol. The SMILES string of the molecule is CCOC(=O)c1cnc(CCN(C)C)nc1C(F)(F)F. The van der Waals surface area contributed by atoms with Crippen LogP contribution in [0, 0.1) is 0 Å². The van der Waals surface area contributed by atoms with Gasteiger partial charge in [0.05, 0.1) is 6.61 Å². The van der Waals surface area contributed by atoms with Crippen LogP contribution in [0.25, 0.3) is 0 Å². The Kier molecular flexibility index (Phi) is 5.43. The molecule has 0 aliphatic rings. The van der Waals surface area contributed by atoms with Gasteiger partial charge >= 0.3 is 12.1 Å². The molecule has 0 amide bonds. The molecular formula is C12H16F3N3O2. The second kappa shape index (κ2) is 6.65. The van der Waals surface area contributed by atoms with E-state index >= 15 is 0 Å². The maximum atomic E-state index is 12.9. The van der Waals surface area contributed by atoms with Crippen LogP contribution in [0.4, 0.5) is 13.2 Å². The van der Waals surface area contributed by atoms with Gasteiger partial charge in [-0.25, -0.2) is 14.8 Å². The second-order valence-electron chi connectivity index (χ2n) is 4.32. The summed E-state index contributed by atoms with van der Waals surface area (Å²) in [4.78, 5) is 20.5. The van der Waals surface area contributed by atoms with Crippen molar-refractivity contribution in [3.05, 3.63) is 23.3 Å². The third-order valence-electron chi connectivity index (χ3n) is 2.39. The molecule has 0 radical (unpaired) electrons. The standard InChI is InChI=1S/C12H16F3N3O2/c1-4-20-11(19)8-7-16-9(5-6-18(2)3)17-10(8)12(13,14)15/h7H,4-6H2,1-3H3. The van der Waals surface area contributed by atoms with Gasteiger partial charge in [-0.3, -0.25) is 0 Å². The van der Waals surface area contributed by atoms with Crippen molar-refractivity contribution in [1.82, 2.24) is 14.9 Å². The Labute approximate surface area is 114 Å². The van der Waals surface area contributed by atoms with E-state index in [1.165, 1.54) is 6.92 Å². The zero-order valence-corrected chi connectivity index (χ0v) is 11.5. The minimum Gasteiger partial charge on any atom is -0.462 e. The van der Waals surface area contributed by atoms with E-state index in [4.69, 9.17) is 0 Å². The molecule has 1 aromatic rings. The van der Waals surface area contributed by atoms with Crippen LogP contribution >= 0.6 is 0 Å². The molecule has 0 unspecified atom stereocenters. The lowest BCUT2D eigenvalue weighted by Crippen LogP contribution is -2.21. The van der Waals surface area contributed by atoms with Gasteiger partial charge in [0, 0.05) is 19.2 Å². The molecule has 1 heterocycles. The lowest BCUT2D eigenvalue weighted by molar-refractivity contribution is -0.142. The van der Waals surface area contributed by atoms with Crippen molar-refractivity contribution in [3.63, 3.8) is 0 Å². The number of esters is 1. The molecule has 0 saturated heterocycles. The van der Waals surface area contributed by atoms with Gasteiger partial charge in [0.15, 0.2) is 5.69 Å². The predicted octanol–water partition coefficient (Wildman–Crippen LogP) is 1.78. The first kappa shape index (κ1) is 16.4. The highest BCUT2D eigenvalue weighted by molar-refractivity contribution is 5.90. The average molecular weight is 291 g/mol. The molecule has 0 fully saturated rings. The highest BCUT2D eigenvalue weighted by Crippen LogP contribution is 2.30. The van der Waals surface area contributed by atoms with Crippen molar-refractivity contribution < 1.29 is 22.7 Å². The number of carbonyl (C=O) groups is 1. The average Bonchev–Trinajstić information content (AvgIpc) is 2.35. The van der Waals surface area contributed by atoms with Gasteiger partial charge < -0.3 is 9.64 Å². The molecule has 0 saturated carbocycles. The number of halogens is 3. The maximum Gasteiger partial charge on any atom is 0.434 e. The fourth-order valence-corrected chi connectivity index (χ4v) is 1.44. The summed E-state index contributed by atoms with van der Waals surface area (Å²) in [6.07, 6.45) is -3.59. The Morgan fingerprint density at radius 2 is 2.05 bits per heavy atom. The topological polar surface area (TPSA) is 55.3 Å². The van der Waals surface area contributed by atoms with Crippen LogP contribution in [0.15, 0.2) is 6.20 Å². The zero-order valence-electron chi connectivity index (χ0n) is 11.5. The van der Waals surface area contributed by atoms with E-state index in [2.05, 4.69) is 14.7 Å². The summed E-state index contributed by atoms with van der Waals surface area (Å²) in [5, 5.41) is 0. The molecule has 20 heavy (non-hydrogen) atoms. The Balaban J connectivity index is 3.10. The smallest absolute Gasteiger partial charge is 0.434 e. The summed E-state index contributed by atoms with van der Waals surface area (Å²) < 4.78 is 43.3. The molecule has 1 aromatic heterocycles. The van der Waals surface area contributed by atoms with Gasteiger partial charge in [-0.2, -0.15) is 13.2 Å². The Morgan fingerprint density at radius 3 is 2.55 bits per heavy atom. The third kappa shape index (κ3) is 4.44. The normalized spacial score (nSPS) is 11.8. The molecule has 5 nitrogen and oxygen atoms in total. The Bertz CT molecular complexity index is 476. The summed E-state index contributed by atoms with van der Waals surface area (Å²) in [5.74, 6) is -1.03. The number of likely N-dealkylation sites (N-methyl/N-ethyl adjacent to an activating group) is 1. The van der Waals surface area contributed by atoms with E-state index in [0.29, 0.717) is 6.54 Å². The van der Waals surface area contributed by atoms with Gasteiger partial charge in [-0.15, -0.1) is 0 Å². The molecule has 0 atom stereocenters. The second-order valence-corrected chi connectivity index (χ2v) is 4.32. The quantitative estimate of drug-likeness (QED) is 0.774. The van der Waals surface area contributed by atoms with Gasteiger partial charge in [0.2, 0.25) is 0 Å². The highest BCUT2D eigenvalue weighted by atomic mass is 19.4. The number of ether oxygens (including phenoxy) is 1. The van der Waals surface area contributed by atoms with Crippen molar-refractivity contribution >= 4 is 5.97 Å². The van der Waals surface area contributed by atoms with E-state index in [-0.39, 0.29) is 18.9 Å². The van der Waals surface area contributed by atoms with Crippen molar-refractivity contribution in [1.29, 1.82) is 0 Å². The molecule has 0 bridgehead atoms. The molecule has 0 aliphatic heterocycles. The lowest BCUT2D eigenvalue weighted by Gasteiger charge is -2.13. The minimum absolute atomic E-state index is 0.0154. The van der Waals surface area contributed by atoms with Crippen molar-refractivity contribution in [2.45, 2.75) is 19.5 Å². The summed E-state index contributed by atoms with van der Waals surface area (Å²) in [7, 11) is 3.58. The van der Waals surface area contributed by atoms with Gasteiger partial charge in [-0.1, -0.05) is 0 Å². The summed E-state index contributed by atoms with van der Waals surface area (Å²) >= 11 is 0. The van der Waals surface area contributed by atoms with Gasteiger partial charge in [-0.05, 0) is 21.0 Å². The first-order chi connectivity index (χ1) is 9.25. The molecule has 0 aliphatic carbocycles. The number of alkyl halides is 3. The Hall–Kier alpha value is -1.70. The van der Waals surface area contributed by atoms with Gasteiger partial charge in [0.1, 0.15) is 11.4 Å². The third-order valence-corrected chi connectivity index (χ3v) is 2.39. The van der Waals surface area contributed by atoms with Crippen molar-refractivity contribution in [3.8, 4) is 0 Å². The van der Waals surface area contributed by atoms with Crippen LogP contribution < -0.4 is 0 Å². The van der Waals surface area contributed by atoms with E-state index in [0.717, 1.165) is 6.20 Å². The number of hydrogen-bond acceptors (Lipinski definition) is 5. The number of nitrogens with zero attached hydrogens (tertiary/aromatic N) is 3. The largest absolute Gasteiger partial charge is 0.462 e. The van der Waals surface area contributed by atoms with Crippen LogP contribution in [-0.4, -0.2) is 48.1 Å². The van der Waals surface area contributed by atoms with Crippen LogP contribution in [0.2, 0.25) is 0 Å². The summed E-state index contributed by atoms with van der Waals surface area (Å²) in [5.41, 5.74) is -1.91. The zero-order chi connectivity index (χ0) is 15.3. The minimum atomic E-state index is -4.72. The van der Waals surface area contributed by atoms with Crippen molar-refractivity contribution in [2.24, 2.45) is 0 Å². The molecule has 0 spiro atoms. The summed E-state index contributed by atoms with van der Waals surface area (Å²) in [6, 6.07) is 0. The predicted molar refractivity (Wildman–Crippen MR) is 65.2 cm³/mol. The fraction of sp³-hybridized carbons (Fsp3) is 0.583. The van der Waals surface area contributed by atoms with Crippen LogP contribution in [0.5, 0.6) is 0 Å². The van der Waals surface area contributed by atoms with Crippen LogP contribution in [-0.2, 0) is 17.3 Å².